The zero-order chi connectivity index (χ0) is 20.9. The SMILES string of the molecule is COc1nc2c(-n3ccnc3)c(-c3n[nH]c([C@H](O)C(F)(F)F)n3)n(C)c2cc1Cl. The number of hydrogen-bond acceptors (Lipinski definition) is 6. The summed E-state index contributed by atoms with van der Waals surface area (Å²) in [4.78, 5) is 12.3. The van der Waals surface area contributed by atoms with Crippen LogP contribution in [-0.4, -0.2) is 52.7 Å². The number of ether oxygens (including phenoxy) is 1. The molecule has 13 heteroatoms. The van der Waals surface area contributed by atoms with Crippen LogP contribution < -0.4 is 4.74 Å². The van der Waals surface area contributed by atoms with Crippen LogP contribution in [0, 0.1) is 0 Å². The van der Waals surface area contributed by atoms with Crippen molar-refractivity contribution >= 4 is 22.6 Å². The monoisotopic (exact) mass is 427 g/mol. The molecular formula is C16H13ClF3N7O2. The minimum atomic E-state index is -4.88. The van der Waals surface area contributed by atoms with E-state index < -0.39 is 18.1 Å². The smallest absolute Gasteiger partial charge is 0.421 e. The maximum absolute atomic E-state index is 12.8. The first-order valence-electron chi connectivity index (χ1n) is 8.11. The Morgan fingerprint density at radius 3 is 2.69 bits per heavy atom. The Hall–Kier alpha value is -3.12. The molecular weight excluding hydrogens is 415 g/mol. The van der Waals surface area contributed by atoms with Gasteiger partial charge in [-0.3, -0.25) is 5.10 Å². The Labute approximate surface area is 165 Å². The van der Waals surface area contributed by atoms with E-state index in [1.807, 2.05) is 0 Å². The van der Waals surface area contributed by atoms with Crippen LogP contribution in [0.25, 0.3) is 28.2 Å². The summed E-state index contributed by atoms with van der Waals surface area (Å²) >= 11 is 6.19. The summed E-state index contributed by atoms with van der Waals surface area (Å²) in [6.45, 7) is 0. The summed E-state index contributed by atoms with van der Waals surface area (Å²) in [6.07, 6.45) is -3.00. The molecule has 4 aromatic rings. The lowest BCUT2D eigenvalue weighted by atomic mass is 10.3. The third-order valence-electron chi connectivity index (χ3n) is 4.31. The molecule has 0 bridgehead atoms. The zero-order valence-corrected chi connectivity index (χ0v) is 15.7. The van der Waals surface area contributed by atoms with Crippen LogP contribution in [-0.2, 0) is 7.05 Å². The Balaban J connectivity index is 1.99. The fourth-order valence-electron chi connectivity index (χ4n) is 2.98. The second-order valence-corrected chi connectivity index (χ2v) is 6.47. The van der Waals surface area contributed by atoms with Gasteiger partial charge >= 0.3 is 6.18 Å². The summed E-state index contributed by atoms with van der Waals surface area (Å²) < 4.78 is 46.9. The van der Waals surface area contributed by atoms with E-state index >= 15 is 0 Å². The van der Waals surface area contributed by atoms with E-state index in [4.69, 9.17) is 16.3 Å². The minimum Gasteiger partial charge on any atom is -0.480 e. The van der Waals surface area contributed by atoms with Crippen molar-refractivity contribution in [3.63, 3.8) is 0 Å². The number of H-pyrrole nitrogens is 1. The Morgan fingerprint density at radius 1 is 1.31 bits per heavy atom. The Morgan fingerprint density at radius 2 is 2.07 bits per heavy atom. The topological polar surface area (TPSA) is 107 Å². The van der Waals surface area contributed by atoms with E-state index in [0.29, 0.717) is 22.4 Å². The number of nitrogens with one attached hydrogen (secondary N) is 1. The van der Waals surface area contributed by atoms with Crippen LogP contribution in [0.4, 0.5) is 13.2 Å². The minimum absolute atomic E-state index is 0.0670. The molecule has 4 aromatic heterocycles. The van der Waals surface area contributed by atoms with E-state index in [1.54, 1.807) is 28.4 Å². The molecule has 0 aliphatic heterocycles. The van der Waals surface area contributed by atoms with Gasteiger partial charge in [0.15, 0.2) is 11.6 Å². The molecule has 4 heterocycles. The largest absolute Gasteiger partial charge is 0.480 e. The van der Waals surface area contributed by atoms with Crippen LogP contribution in [0.3, 0.4) is 0 Å². The molecule has 29 heavy (non-hydrogen) atoms. The molecule has 0 aliphatic carbocycles. The number of aromatic amines is 1. The van der Waals surface area contributed by atoms with Gasteiger partial charge in [0.25, 0.3) is 0 Å². The highest BCUT2D eigenvalue weighted by Gasteiger charge is 2.42. The van der Waals surface area contributed by atoms with Crippen molar-refractivity contribution in [1.82, 2.24) is 34.3 Å². The predicted octanol–water partition coefficient (Wildman–Crippen LogP) is 2.80. The third kappa shape index (κ3) is 3.09. The molecule has 152 valence electrons. The first-order valence-corrected chi connectivity index (χ1v) is 8.48. The van der Waals surface area contributed by atoms with Gasteiger partial charge in [0.1, 0.15) is 21.9 Å². The van der Waals surface area contributed by atoms with Crippen LogP contribution in [0.5, 0.6) is 5.88 Å². The van der Waals surface area contributed by atoms with E-state index in [1.165, 1.54) is 19.6 Å². The highest BCUT2D eigenvalue weighted by atomic mass is 35.5. The first-order chi connectivity index (χ1) is 13.7. The van der Waals surface area contributed by atoms with Gasteiger partial charge in [-0.05, 0) is 6.07 Å². The number of aliphatic hydroxyl groups is 1. The highest BCUT2D eigenvalue weighted by Crippen LogP contribution is 2.38. The van der Waals surface area contributed by atoms with Crippen LogP contribution in [0.2, 0.25) is 5.02 Å². The summed E-state index contributed by atoms with van der Waals surface area (Å²) in [7, 11) is 3.08. The molecule has 0 saturated heterocycles. The molecule has 0 amide bonds. The number of methoxy groups -OCH3 is 1. The number of halogens is 4. The second-order valence-electron chi connectivity index (χ2n) is 6.06. The number of rotatable bonds is 4. The average molecular weight is 428 g/mol. The molecule has 0 aromatic carbocycles. The van der Waals surface area contributed by atoms with E-state index in [0.717, 1.165) is 0 Å². The van der Waals surface area contributed by atoms with E-state index in [-0.39, 0.29) is 16.7 Å². The Kier molecular flexibility index (Phi) is 4.46. The zero-order valence-electron chi connectivity index (χ0n) is 14.9. The normalized spacial score (nSPS) is 13.2. The van der Waals surface area contributed by atoms with Gasteiger partial charge in [-0.2, -0.15) is 18.3 Å². The van der Waals surface area contributed by atoms with Gasteiger partial charge in [0.05, 0.1) is 19.0 Å². The molecule has 0 aliphatic rings. The van der Waals surface area contributed by atoms with Gasteiger partial charge in [0, 0.05) is 19.4 Å². The standard InChI is InChI=1S/C16H13ClF3N7O2/c1-26-8-5-7(17)15(29-2)22-9(8)10(27-4-3-21-6-27)11(26)13-23-14(25-24-13)12(28)16(18,19)20/h3-6,12,28H,1-2H3,(H,23,24,25)/t12-/m0/s1. The number of aliphatic hydroxyl groups excluding tert-OH is 1. The molecule has 2 N–H and O–H groups in total. The van der Waals surface area contributed by atoms with Crippen LogP contribution in [0.15, 0.2) is 24.8 Å². The highest BCUT2D eigenvalue weighted by molar-refractivity contribution is 6.32. The maximum Gasteiger partial charge on any atom is 0.421 e. The molecule has 0 spiro atoms. The summed E-state index contributed by atoms with van der Waals surface area (Å²) in [5, 5.41) is 15.7. The van der Waals surface area contributed by atoms with Gasteiger partial charge in [-0.25, -0.2) is 15.0 Å². The molecule has 0 radical (unpaired) electrons. The number of imidazole rings is 1. The van der Waals surface area contributed by atoms with Crippen molar-refractivity contribution in [2.45, 2.75) is 12.3 Å². The van der Waals surface area contributed by atoms with Crippen molar-refractivity contribution in [3.8, 4) is 23.1 Å². The van der Waals surface area contributed by atoms with Crippen LogP contribution in [0.1, 0.15) is 11.9 Å². The number of fused-ring (bicyclic) bond motifs is 1. The van der Waals surface area contributed by atoms with Gasteiger partial charge in [-0.15, -0.1) is 0 Å². The lowest BCUT2D eigenvalue weighted by molar-refractivity contribution is -0.209. The Bertz CT molecular complexity index is 1180. The number of pyridine rings is 1. The maximum atomic E-state index is 12.8. The second kappa shape index (κ2) is 6.74. The number of aryl methyl sites for hydroxylation is 1. The molecule has 9 nitrogen and oxygen atoms in total. The molecule has 1 atom stereocenters. The summed E-state index contributed by atoms with van der Waals surface area (Å²) in [6, 6.07) is 1.62. The summed E-state index contributed by atoms with van der Waals surface area (Å²) in [5.74, 6) is -0.610. The molecule has 0 saturated carbocycles. The molecule has 4 rings (SSSR count). The molecule has 0 fully saturated rings. The number of nitrogens with zero attached hydrogens (tertiary/aromatic N) is 6. The lowest BCUT2D eigenvalue weighted by Gasteiger charge is -2.10. The van der Waals surface area contributed by atoms with E-state index in [2.05, 4.69) is 25.1 Å². The lowest BCUT2D eigenvalue weighted by Crippen LogP contribution is -2.21. The van der Waals surface area contributed by atoms with Gasteiger partial charge in [-0.1, -0.05) is 11.6 Å². The average Bonchev–Trinajstić information content (AvgIpc) is 3.39. The number of hydrogen-bond donors (Lipinski definition) is 2. The van der Waals surface area contributed by atoms with Crippen LogP contribution >= 0.6 is 11.6 Å². The fourth-order valence-corrected chi connectivity index (χ4v) is 3.20. The number of aromatic nitrogens is 7. The fraction of sp³-hybridized carbons (Fsp3) is 0.250. The van der Waals surface area contributed by atoms with Crippen molar-refractivity contribution in [1.29, 1.82) is 0 Å². The van der Waals surface area contributed by atoms with Crippen molar-refractivity contribution in [3.05, 3.63) is 35.6 Å². The van der Waals surface area contributed by atoms with Crippen molar-refractivity contribution < 1.29 is 23.0 Å². The summed E-state index contributed by atoms with van der Waals surface area (Å²) in [5.41, 5.74) is 1.82. The van der Waals surface area contributed by atoms with Gasteiger partial charge < -0.3 is 19.0 Å². The number of alkyl halides is 3. The van der Waals surface area contributed by atoms with E-state index in [9.17, 15) is 18.3 Å². The molecule has 0 unspecified atom stereocenters. The third-order valence-corrected chi connectivity index (χ3v) is 4.58. The first kappa shape index (κ1) is 19.2. The van der Waals surface area contributed by atoms with Gasteiger partial charge in [0.2, 0.25) is 12.0 Å². The van der Waals surface area contributed by atoms with Crippen molar-refractivity contribution in [2.75, 3.05) is 7.11 Å². The van der Waals surface area contributed by atoms with Crippen molar-refractivity contribution in [2.24, 2.45) is 7.05 Å². The quantitative estimate of drug-likeness (QED) is 0.518. The predicted molar refractivity (Wildman–Crippen MR) is 95.8 cm³/mol.